The van der Waals surface area contributed by atoms with Crippen LogP contribution in [0.5, 0.6) is 5.75 Å². The minimum Gasteiger partial charge on any atom is -0.479 e. The second-order valence-electron chi connectivity index (χ2n) is 6.25. The summed E-state index contributed by atoms with van der Waals surface area (Å²) in [4.78, 5) is 24.2. The summed E-state index contributed by atoms with van der Waals surface area (Å²) >= 11 is 12.0. The predicted molar refractivity (Wildman–Crippen MR) is 107 cm³/mol. The standard InChI is InChI=1S/C19H19Cl2N3O3/c1-11(27-16-7-3-6-15(20)17(16)21)18(25)22-13-4-2-5-14(10-13)24-19(26)23-12-8-9-12/h2-7,10-12H,8-9H2,1H3,(H,22,25)(H2,23,24,26)/t11-/m0/s1. The molecule has 1 aliphatic carbocycles. The van der Waals surface area contributed by atoms with Crippen molar-refractivity contribution >= 4 is 46.5 Å². The number of amides is 3. The number of rotatable bonds is 6. The Morgan fingerprint density at radius 1 is 1.07 bits per heavy atom. The van der Waals surface area contributed by atoms with Crippen molar-refractivity contribution in [2.24, 2.45) is 0 Å². The molecule has 0 aliphatic heterocycles. The molecule has 1 aliphatic rings. The monoisotopic (exact) mass is 407 g/mol. The second-order valence-corrected chi connectivity index (χ2v) is 7.04. The summed E-state index contributed by atoms with van der Waals surface area (Å²) in [6.07, 6.45) is 1.23. The molecule has 2 aromatic carbocycles. The molecule has 1 fully saturated rings. The van der Waals surface area contributed by atoms with Gasteiger partial charge in [0.25, 0.3) is 5.91 Å². The zero-order valence-electron chi connectivity index (χ0n) is 14.6. The van der Waals surface area contributed by atoms with Gasteiger partial charge in [-0.2, -0.15) is 0 Å². The molecule has 0 unspecified atom stereocenters. The summed E-state index contributed by atoms with van der Waals surface area (Å²) in [6, 6.07) is 11.9. The molecule has 0 radical (unpaired) electrons. The van der Waals surface area contributed by atoms with Gasteiger partial charge < -0.3 is 20.7 Å². The number of nitrogens with one attached hydrogen (secondary N) is 3. The molecule has 0 saturated heterocycles. The summed E-state index contributed by atoms with van der Waals surface area (Å²) in [7, 11) is 0. The number of urea groups is 1. The smallest absolute Gasteiger partial charge is 0.319 e. The summed E-state index contributed by atoms with van der Waals surface area (Å²) in [5.74, 6) is -0.0235. The molecule has 0 heterocycles. The Bertz CT molecular complexity index is 856. The maximum atomic E-state index is 12.4. The molecule has 1 atom stereocenters. The highest BCUT2D eigenvalue weighted by molar-refractivity contribution is 6.42. The molecule has 0 bridgehead atoms. The van der Waals surface area contributed by atoms with Crippen molar-refractivity contribution in [3.8, 4) is 5.75 Å². The van der Waals surface area contributed by atoms with Crippen molar-refractivity contribution in [3.05, 3.63) is 52.5 Å². The average molecular weight is 408 g/mol. The topological polar surface area (TPSA) is 79.5 Å². The van der Waals surface area contributed by atoms with E-state index in [2.05, 4.69) is 16.0 Å². The van der Waals surface area contributed by atoms with Crippen molar-refractivity contribution < 1.29 is 14.3 Å². The van der Waals surface area contributed by atoms with E-state index < -0.39 is 6.10 Å². The minimum atomic E-state index is -0.796. The maximum Gasteiger partial charge on any atom is 0.319 e. The quantitative estimate of drug-likeness (QED) is 0.649. The van der Waals surface area contributed by atoms with Crippen molar-refractivity contribution in [1.29, 1.82) is 0 Å². The van der Waals surface area contributed by atoms with Gasteiger partial charge >= 0.3 is 6.03 Å². The summed E-state index contributed by atoms with van der Waals surface area (Å²) in [5, 5.41) is 8.94. The van der Waals surface area contributed by atoms with E-state index in [0.29, 0.717) is 22.1 Å². The van der Waals surface area contributed by atoms with Crippen LogP contribution >= 0.6 is 23.2 Å². The fraction of sp³-hybridized carbons (Fsp3) is 0.263. The number of halogens is 2. The number of anilines is 2. The summed E-state index contributed by atoms with van der Waals surface area (Å²) < 4.78 is 5.60. The van der Waals surface area contributed by atoms with Crippen LogP contribution in [0.25, 0.3) is 0 Å². The van der Waals surface area contributed by atoms with Crippen molar-refractivity contribution in [3.63, 3.8) is 0 Å². The first-order valence-electron chi connectivity index (χ1n) is 8.51. The number of ether oxygens (including phenoxy) is 1. The first-order chi connectivity index (χ1) is 12.9. The van der Waals surface area contributed by atoms with Crippen LogP contribution in [-0.4, -0.2) is 24.1 Å². The van der Waals surface area contributed by atoms with Gasteiger partial charge in [0, 0.05) is 17.4 Å². The van der Waals surface area contributed by atoms with Gasteiger partial charge in [0.2, 0.25) is 0 Å². The Labute approximate surface area is 167 Å². The lowest BCUT2D eigenvalue weighted by atomic mass is 10.2. The number of carbonyl (C=O) groups is 2. The van der Waals surface area contributed by atoms with Crippen LogP contribution in [0.15, 0.2) is 42.5 Å². The lowest BCUT2D eigenvalue weighted by Gasteiger charge is -2.16. The molecular weight excluding hydrogens is 389 g/mol. The highest BCUT2D eigenvalue weighted by Crippen LogP contribution is 2.32. The molecule has 3 N–H and O–H groups in total. The molecule has 1 saturated carbocycles. The van der Waals surface area contributed by atoms with Gasteiger partial charge in [0.15, 0.2) is 6.10 Å². The number of hydrogen-bond acceptors (Lipinski definition) is 3. The first-order valence-corrected chi connectivity index (χ1v) is 9.27. The molecule has 3 rings (SSSR count). The molecule has 0 spiro atoms. The van der Waals surface area contributed by atoms with Gasteiger partial charge in [0.05, 0.1) is 5.02 Å². The maximum absolute atomic E-state index is 12.4. The predicted octanol–water partition coefficient (Wildman–Crippen LogP) is 4.68. The van der Waals surface area contributed by atoms with E-state index in [-0.39, 0.29) is 23.0 Å². The third-order valence-electron chi connectivity index (χ3n) is 3.89. The van der Waals surface area contributed by atoms with E-state index >= 15 is 0 Å². The van der Waals surface area contributed by atoms with Gasteiger partial charge in [-0.05, 0) is 50.1 Å². The molecule has 142 valence electrons. The highest BCUT2D eigenvalue weighted by atomic mass is 35.5. The Hall–Kier alpha value is -2.44. The molecule has 27 heavy (non-hydrogen) atoms. The third-order valence-corrected chi connectivity index (χ3v) is 4.69. The van der Waals surface area contributed by atoms with E-state index in [1.807, 2.05) is 0 Å². The highest BCUT2D eigenvalue weighted by Gasteiger charge is 2.23. The fourth-order valence-electron chi connectivity index (χ4n) is 2.32. The van der Waals surface area contributed by atoms with Crippen molar-refractivity contribution in [1.82, 2.24) is 5.32 Å². The van der Waals surface area contributed by atoms with Crippen LogP contribution in [0, 0.1) is 0 Å². The molecule has 2 aromatic rings. The molecule has 3 amide bonds. The van der Waals surface area contributed by atoms with Crippen LogP contribution in [-0.2, 0) is 4.79 Å². The Kier molecular flexibility index (Phi) is 6.08. The number of hydrogen-bond donors (Lipinski definition) is 3. The second kappa shape index (κ2) is 8.50. The van der Waals surface area contributed by atoms with Gasteiger partial charge in [0.1, 0.15) is 10.8 Å². The van der Waals surface area contributed by atoms with Crippen molar-refractivity contribution in [2.75, 3.05) is 10.6 Å². The Morgan fingerprint density at radius 3 is 2.44 bits per heavy atom. The molecule has 8 heteroatoms. The Morgan fingerprint density at radius 2 is 1.74 bits per heavy atom. The van der Waals surface area contributed by atoms with Crippen LogP contribution < -0.4 is 20.7 Å². The zero-order chi connectivity index (χ0) is 19.4. The van der Waals surface area contributed by atoms with Crippen molar-refractivity contribution in [2.45, 2.75) is 31.9 Å². The fourth-order valence-corrected chi connectivity index (χ4v) is 2.65. The average Bonchev–Trinajstić information content (AvgIpc) is 3.43. The molecule has 6 nitrogen and oxygen atoms in total. The zero-order valence-corrected chi connectivity index (χ0v) is 16.1. The van der Waals surface area contributed by atoms with Gasteiger partial charge in [-0.25, -0.2) is 4.79 Å². The van der Waals surface area contributed by atoms with Crippen LogP contribution in [0.1, 0.15) is 19.8 Å². The number of carbonyl (C=O) groups excluding carboxylic acids is 2. The van der Waals surface area contributed by atoms with E-state index in [1.54, 1.807) is 49.4 Å². The normalized spacial score (nSPS) is 14.2. The SMILES string of the molecule is C[C@H](Oc1cccc(Cl)c1Cl)C(=O)Nc1cccc(NC(=O)NC2CC2)c1. The van der Waals surface area contributed by atoms with Gasteiger partial charge in [-0.1, -0.05) is 35.3 Å². The van der Waals surface area contributed by atoms with Gasteiger partial charge in [-0.3, -0.25) is 4.79 Å². The van der Waals surface area contributed by atoms with Crippen LogP contribution in [0.4, 0.5) is 16.2 Å². The lowest BCUT2D eigenvalue weighted by molar-refractivity contribution is -0.122. The minimum absolute atomic E-state index is 0.256. The summed E-state index contributed by atoms with van der Waals surface area (Å²) in [6.45, 7) is 1.61. The van der Waals surface area contributed by atoms with E-state index in [1.165, 1.54) is 0 Å². The number of benzene rings is 2. The van der Waals surface area contributed by atoms with E-state index in [0.717, 1.165) is 12.8 Å². The largest absolute Gasteiger partial charge is 0.479 e. The molecule has 0 aromatic heterocycles. The lowest BCUT2D eigenvalue weighted by Crippen LogP contribution is -2.31. The van der Waals surface area contributed by atoms with Crippen LogP contribution in [0.3, 0.4) is 0 Å². The van der Waals surface area contributed by atoms with Crippen LogP contribution in [0.2, 0.25) is 10.0 Å². The Balaban J connectivity index is 1.58. The van der Waals surface area contributed by atoms with Gasteiger partial charge in [-0.15, -0.1) is 0 Å². The van der Waals surface area contributed by atoms with E-state index in [4.69, 9.17) is 27.9 Å². The first kappa shape index (κ1) is 19.3. The third kappa shape index (κ3) is 5.52. The van der Waals surface area contributed by atoms with E-state index in [9.17, 15) is 9.59 Å². The molecular formula is C19H19Cl2N3O3. The summed E-state index contributed by atoms with van der Waals surface area (Å²) in [5.41, 5.74) is 1.12.